The van der Waals surface area contributed by atoms with Crippen LogP contribution in [0.4, 0.5) is 11.4 Å². The highest BCUT2D eigenvalue weighted by Gasteiger charge is 2.67. The maximum atomic E-state index is 13.4. The number of rotatable bonds is 3. The van der Waals surface area contributed by atoms with Crippen molar-refractivity contribution in [2.75, 3.05) is 23.6 Å². The SMILES string of the molecule is O=C(Nc1cccc(Cl)c1)[C@H]1[C@H]2C(=O)N(c3ccc4c(c3)OCO4)C[C@@]23C=C[C@H]1O3. The fourth-order valence-electron chi connectivity index (χ4n) is 4.86. The number of amides is 2. The van der Waals surface area contributed by atoms with Gasteiger partial charge in [0.2, 0.25) is 18.6 Å². The molecule has 30 heavy (non-hydrogen) atoms. The summed E-state index contributed by atoms with van der Waals surface area (Å²) in [6.45, 7) is 0.517. The molecule has 4 aliphatic heterocycles. The lowest BCUT2D eigenvalue weighted by Gasteiger charge is -2.23. The van der Waals surface area contributed by atoms with Crippen molar-refractivity contribution in [3.63, 3.8) is 0 Å². The molecular formula is C22H17ClN2O5. The van der Waals surface area contributed by atoms with E-state index in [1.54, 1.807) is 41.3 Å². The molecule has 7 nitrogen and oxygen atoms in total. The molecule has 2 aromatic rings. The van der Waals surface area contributed by atoms with Crippen LogP contribution in [0, 0.1) is 11.8 Å². The molecule has 0 aromatic heterocycles. The summed E-state index contributed by atoms with van der Waals surface area (Å²) in [4.78, 5) is 28.2. The number of halogens is 1. The van der Waals surface area contributed by atoms with Crippen molar-refractivity contribution in [2.24, 2.45) is 11.8 Å². The highest BCUT2D eigenvalue weighted by molar-refractivity contribution is 6.30. The molecule has 0 unspecified atom stereocenters. The first kappa shape index (κ1) is 17.8. The predicted octanol–water partition coefficient (Wildman–Crippen LogP) is 2.99. The number of hydrogen-bond acceptors (Lipinski definition) is 5. The van der Waals surface area contributed by atoms with Crippen molar-refractivity contribution in [1.29, 1.82) is 0 Å². The Balaban J connectivity index is 1.30. The van der Waals surface area contributed by atoms with Crippen molar-refractivity contribution in [1.82, 2.24) is 0 Å². The van der Waals surface area contributed by atoms with Crippen LogP contribution in [-0.4, -0.2) is 36.9 Å². The molecule has 2 amide bonds. The van der Waals surface area contributed by atoms with Gasteiger partial charge in [0.25, 0.3) is 0 Å². The minimum atomic E-state index is -0.797. The van der Waals surface area contributed by atoms with Gasteiger partial charge in [-0.2, -0.15) is 0 Å². The van der Waals surface area contributed by atoms with Gasteiger partial charge in [0.1, 0.15) is 5.60 Å². The van der Waals surface area contributed by atoms with Crippen LogP contribution in [0.2, 0.25) is 5.02 Å². The summed E-state index contributed by atoms with van der Waals surface area (Å²) >= 11 is 6.02. The first-order valence-electron chi connectivity index (χ1n) is 9.69. The summed E-state index contributed by atoms with van der Waals surface area (Å²) in [6.07, 6.45) is 3.39. The highest BCUT2D eigenvalue weighted by Crippen LogP contribution is 2.53. The van der Waals surface area contributed by atoms with Crippen molar-refractivity contribution < 1.29 is 23.8 Å². The number of anilines is 2. The molecule has 2 fully saturated rings. The van der Waals surface area contributed by atoms with Crippen LogP contribution >= 0.6 is 11.6 Å². The van der Waals surface area contributed by atoms with Crippen LogP contribution in [0.5, 0.6) is 11.5 Å². The molecule has 1 spiro atoms. The van der Waals surface area contributed by atoms with Gasteiger partial charge in [0.05, 0.1) is 24.5 Å². The normalized spacial score (nSPS) is 30.1. The number of nitrogens with zero attached hydrogens (tertiary/aromatic N) is 1. The summed E-state index contributed by atoms with van der Waals surface area (Å²) in [5, 5.41) is 3.41. The molecule has 2 saturated heterocycles. The minimum absolute atomic E-state index is 0.132. The average molecular weight is 425 g/mol. The van der Waals surface area contributed by atoms with Gasteiger partial charge in [-0.1, -0.05) is 29.8 Å². The molecule has 6 rings (SSSR count). The van der Waals surface area contributed by atoms with E-state index < -0.39 is 23.5 Å². The molecule has 4 atom stereocenters. The van der Waals surface area contributed by atoms with Gasteiger partial charge in [-0.3, -0.25) is 9.59 Å². The van der Waals surface area contributed by atoms with E-state index in [0.29, 0.717) is 34.4 Å². The minimum Gasteiger partial charge on any atom is -0.454 e. The number of carbonyl (C=O) groups is 2. The van der Waals surface area contributed by atoms with E-state index in [2.05, 4.69) is 5.32 Å². The predicted molar refractivity (Wildman–Crippen MR) is 109 cm³/mol. The monoisotopic (exact) mass is 424 g/mol. The first-order valence-corrected chi connectivity index (χ1v) is 10.1. The van der Waals surface area contributed by atoms with E-state index in [4.69, 9.17) is 25.8 Å². The standard InChI is InChI=1S/C22H17ClN2O5/c23-12-2-1-3-13(8-12)24-20(26)18-16-6-7-22(30-16)10-25(21(27)19(18)22)14-4-5-15-17(9-14)29-11-28-15/h1-9,16,18-19H,10-11H2,(H,24,26)/t16-,18-,19+,22+/m1/s1. The maximum absolute atomic E-state index is 13.4. The Bertz CT molecular complexity index is 1120. The average Bonchev–Trinajstić information content (AvgIpc) is 3.48. The number of fused-ring (bicyclic) bond motifs is 2. The zero-order valence-corrected chi connectivity index (χ0v) is 16.5. The van der Waals surface area contributed by atoms with E-state index in [-0.39, 0.29) is 18.6 Å². The Labute approximate surface area is 177 Å². The number of hydrogen-bond donors (Lipinski definition) is 1. The first-order chi connectivity index (χ1) is 14.5. The summed E-state index contributed by atoms with van der Waals surface area (Å²) in [5.74, 6) is -0.325. The van der Waals surface area contributed by atoms with Crippen LogP contribution in [0.25, 0.3) is 0 Å². The molecule has 4 heterocycles. The third kappa shape index (κ3) is 2.49. The van der Waals surface area contributed by atoms with Gasteiger partial charge < -0.3 is 24.4 Å². The van der Waals surface area contributed by atoms with E-state index in [1.807, 2.05) is 18.2 Å². The second-order valence-corrected chi connectivity index (χ2v) is 8.30. The van der Waals surface area contributed by atoms with Crippen LogP contribution in [0.1, 0.15) is 0 Å². The van der Waals surface area contributed by atoms with Gasteiger partial charge in [-0.15, -0.1) is 0 Å². The smallest absolute Gasteiger partial charge is 0.234 e. The van der Waals surface area contributed by atoms with E-state index in [0.717, 1.165) is 0 Å². The van der Waals surface area contributed by atoms with Gasteiger partial charge in [0.15, 0.2) is 11.5 Å². The third-order valence-electron chi connectivity index (χ3n) is 6.16. The van der Waals surface area contributed by atoms with Gasteiger partial charge >= 0.3 is 0 Å². The Hall–Kier alpha value is -3.03. The molecule has 4 aliphatic rings. The highest BCUT2D eigenvalue weighted by atomic mass is 35.5. The molecule has 8 heteroatoms. The fourth-order valence-corrected chi connectivity index (χ4v) is 5.05. The lowest BCUT2D eigenvalue weighted by molar-refractivity contribution is -0.128. The molecule has 0 radical (unpaired) electrons. The molecule has 0 aliphatic carbocycles. The second kappa shape index (κ2) is 6.23. The molecular weight excluding hydrogens is 408 g/mol. The molecule has 2 bridgehead atoms. The summed E-state index contributed by atoms with van der Waals surface area (Å²) in [7, 11) is 0. The molecule has 152 valence electrons. The van der Waals surface area contributed by atoms with E-state index in [1.165, 1.54) is 0 Å². The summed E-state index contributed by atoms with van der Waals surface area (Å²) in [6, 6.07) is 12.3. The fraction of sp³-hybridized carbons (Fsp3) is 0.273. The van der Waals surface area contributed by atoms with E-state index >= 15 is 0 Å². The zero-order chi connectivity index (χ0) is 20.5. The van der Waals surface area contributed by atoms with Crippen LogP contribution < -0.4 is 19.7 Å². The van der Waals surface area contributed by atoms with Crippen LogP contribution in [0.3, 0.4) is 0 Å². The molecule has 0 saturated carbocycles. The lowest BCUT2D eigenvalue weighted by Crippen LogP contribution is -2.41. The Morgan fingerprint density at radius 3 is 2.90 bits per heavy atom. The van der Waals surface area contributed by atoms with Gasteiger partial charge in [-0.05, 0) is 30.3 Å². The Morgan fingerprint density at radius 1 is 1.17 bits per heavy atom. The second-order valence-electron chi connectivity index (χ2n) is 7.86. The zero-order valence-electron chi connectivity index (χ0n) is 15.7. The Morgan fingerprint density at radius 2 is 2.03 bits per heavy atom. The molecule has 2 aromatic carbocycles. The molecule has 1 N–H and O–H groups in total. The number of nitrogens with one attached hydrogen (secondary N) is 1. The van der Waals surface area contributed by atoms with Crippen molar-refractivity contribution in [2.45, 2.75) is 11.7 Å². The van der Waals surface area contributed by atoms with Crippen LogP contribution in [0.15, 0.2) is 54.6 Å². The maximum Gasteiger partial charge on any atom is 0.234 e. The summed E-state index contributed by atoms with van der Waals surface area (Å²) < 4.78 is 17.0. The largest absolute Gasteiger partial charge is 0.454 e. The number of carbonyl (C=O) groups excluding carboxylic acids is 2. The van der Waals surface area contributed by atoms with Crippen molar-refractivity contribution >= 4 is 34.8 Å². The van der Waals surface area contributed by atoms with Gasteiger partial charge in [0, 0.05) is 22.5 Å². The lowest BCUT2D eigenvalue weighted by atomic mass is 9.77. The van der Waals surface area contributed by atoms with Gasteiger partial charge in [-0.25, -0.2) is 0 Å². The van der Waals surface area contributed by atoms with E-state index in [9.17, 15) is 9.59 Å². The topological polar surface area (TPSA) is 77.1 Å². The number of benzene rings is 2. The Kier molecular flexibility index (Phi) is 3.70. The van der Waals surface area contributed by atoms with Crippen LogP contribution in [-0.2, 0) is 14.3 Å². The van der Waals surface area contributed by atoms with Crippen molar-refractivity contribution in [3.8, 4) is 11.5 Å². The third-order valence-corrected chi connectivity index (χ3v) is 6.40. The summed E-state index contributed by atoms with van der Waals surface area (Å²) in [5.41, 5.74) is 0.489. The quantitative estimate of drug-likeness (QED) is 0.766. The number of ether oxygens (including phenoxy) is 3. The van der Waals surface area contributed by atoms with Crippen molar-refractivity contribution in [3.05, 3.63) is 59.6 Å².